The molecular formula is C7H7NNa2O5. The van der Waals surface area contributed by atoms with E-state index >= 15 is 0 Å². The maximum absolute atomic E-state index is 10.6. The van der Waals surface area contributed by atoms with E-state index in [1.54, 1.807) is 0 Å². The van der Waals surface area contributed by atoms with Crippen molar-refractivity contribution in [3.8, 4) is 0 Å². The summed E-state index contributed by atoms with van der Waals surface area (Å²) in [6, 6.07) is 0. The van der Waals surface area contributed by atoms with Crippen molar-refractivity contribution in [1.82, 2.24) is 0 Å². The minimum Gasteiger partial charge on any atom is -0.550 e. The van der Waals surface area contributed by atoms with Gasteiger partial charge in [-0.25, -0.2) is 0 Å². The molecule has 1 saturated carbocycles. The molecule has 0 aromatic rings. The van der Waals surface area contributed by atoms with Crippen LogP contribution in [0, 0.1) is 11.8 Å². The Hall–Kier alpha value is 0.860. The number of hydrogen-bond donors (Lipinski definition) is 1. The number of carboxylic acid groups (broad SMARTS) is 2. The Morgan fingerprint density at radius 1 is 1.33 bits per heavy atom. The van der Waals surface area contributed by atoms with Crippen LogP contribution in [0.5, 0.6) is 0 Å². The Kier molecular flexibility index (Phi) is 5.30. The second kappa shape index (κ2) is 5.01. The zero-order valence-corrected chi connectivity index (χ0v) is 12.6. The molecule has 0 bridgehead atoms. The summed E-state index contributed by atoms with van der Waals surface area (Å²) in [7, 11) is 0. The van der Waals surface area contributed by atoms with Gasteiger partial charge in [-0.2, -0.15) is 0 Å². The normalized spacial score (nSPS) is 40.7. The van der Waals surface area contributed by atoms with E-state index in [0.717, 1.165) is 0 Å². The van der Waals surface area contributed by atoms with Crippen LogP contribution in [0.4, 0.5) is 0 Å². The van der Waals surface area contributed by atoms with E-state index in [1.807, 2.05) is 0 Å². The van der Waals surface area contributed by atoms with Gasteiger partial charge in [-0.3, -0.25) is 0 Å². The number of carbonyl (C=O) groups excluding carboxylic acids is 2. The van der Waals surface area contributed by atoms with E-state index in [-0.39, 0.29) is 65.7 Å². The number of carboxylic acids is 2. The van der Waals surface area contributed by atoms with Crippen LogP contribution in [-0.2, 0) is 14.3 Å². The van der Waals surface area contributed by atoms with Crippen LogP contribution in [-0.4, -0.2) is 30.2 Å². The molecule has 2 aliphatic rings. The average Bonchev–Trinajstić information content (AvgIpc) is 2.66. The van der Waals surface area contributed by atoms with Gasteiger partial charge in [0, 0.05) is 17.8 Å². The van der Waals surface area contributed by atoms with Gasteiger partial charge < -0.3 is 30.3 Å². The number of ether oxygens (including phenoxy) is 1. The number of hydrogen-bond acceptors (Lipinski definition) is 6. The van der Waals surface area contributed by atoms with Crippen LogP contribution >= 0.6 is 0 Å². The summed E-state index contributed by atoms with van der Waals surface area (Å²) in [6.07, 6.45) is -0.604. The quantitative estimate of drug-likeness (QED) is 0.472. The molecule has 0 aromatic heterocycles. The van der Waals surface area contributed by atoms with Crippen molar-refractivity contribution in [3.63, 3.8) is 0 Å². The molecule has 1 aliphatic carbocycles. The van der Waals surface area contributed by atoms with Gasteiger partial charge in [-0.15, -0.1) is 0 Å². The Balaban J connectivity index is 0.000000980. The van der Waals surface area contributed by atoms with Crippen molar-refractivity contribution < 1.29 is 83.7 Å². The molecule has 2 fully saturated rings. The molecule has 6 nitrogen and oxygen atoms in total. The van der Waals surface area contributed by atoms with Crippen LogP contribution < -0.4 is 75.1 Å². The largest absolute Gasteiger partial charge is 1.00 e. The summed E-state index contributed by atoms with van der Waals surface area (Å²) in [5.41, 5.74) is 3.78. The van der Waals surface area contributed by atoms with Gasteiger partial charge in [0.1, 0.15) is 0 Å². The molecule has 1 saturated heterocycles. The van der Waals surface area contributed by atoms with Gasteiger partial charge in [-0.05, 0) is 0 Å². The fourth-order valence-electron chi connectivity index (χ4n) is 1.91. The van der Waals surface area contributed by atoms with Crippen LogP contribution in [0.25, 0.3) is 0 Å². The predicted molar refractivity (Wildman–Crippen MR) is 33.7 cm³/mol. The van der Waals surface area contributed by atoms with Crippen LogP contribution in [0.3, 0.4) is 0 Å². The van der Waals surface area contributed by atoms with Gasteiger partial charge in [0.25, 0.3) is 0 Å². The Morgan fingerprint density at radius 3 is 2.20 bits per heavy atom. The summed E-state index contributed by atoms with van der Waals surface area (Å²) >= 11 is 0. The molecule has 15 heavy (non-hydrogen) atoms. The third-order valence-corrected chi connectivity index (χ3v) is 2.72. The zero-order chi connectivity index (χ0) is 9.80. The van der Waals surface area contributed by atoms with Gasteiger partial charge in [0.2, 0.25) is 0 Å². The van der Waals surface area contributed by atoms with E-state index in [2.05, 4.69) is 0 Å². The molecule has 1 aliphatic heterocycles. The summed E-state index contributed by atoms with van der Waals surface area (Å²) in [5, 5.41) is 21.0. The molecule has 2 rings (SSSR count). The first-order chi connectivity index (χ1) is 5.98. The molecule has 1 heterocycles. The number of rotatable bonds is 2. The molecule has 8 heteroatoms. The maximum Gasteiger partial charge on any atom is 1.00 e. The van der Waals surface area contributed by atoms with Gasteiger partial charge in [0.05, 0.1) is 24.2 Å². The Morgan fingerprint density at radius 2 is 1.87 bits per heavy atom. The SMILES string of the molecule is NC1(C(=O)[O-])COC2C(C(=O)[O-])C21.[Na+].[Na+]. The van der Waals surface area contributed by atoms with Crippen molar-refractivity contribution in [3.05, 3.63) is 0 Å². The standard InChI is InChI=1S/C7H9NO5.2Na/c8-7(6(11)12)1-13-4-2(3(4)7)5(9)10;;/h2-4H,1,8H2,(H,9,10)(H,11,12);;/q;2*+1/p-2. The molecule has 4 atom stereocenters. The van der Waals surface area contributed by atoms with Gasteiger partial charge >= 0.3 is 59.1 Å². The number of aliphatic carboxylic acids is 2. The second-order valence-corrected chi connectivity index (χ2v) is 3.47. The molecule has 0 spiro atoms. The van der Waals surface area contributed by atoms with E-state index in [1.165, 1.54) is 0 Å². The summed E-state index contributed by atoms with van der Waals surface area (Å²) < 4.78 is 4.91. The first-order valence-electron chi connectivity index (χ1n) is 3.81. The average molecular weight is 231 g/mol. The second-order valence-electron chi connectivity index (χ2n) is 3.47. The van der Waals surface area contributed by atoms with Gasteiger partial charge in [0.15, 0.2) is 0 Å². The zero-order valence-electron chi connectivity index (χ0n) is 8.56. The van der Waals surface area contributed by atoms with E-state index in [9.17, 15) is 19.8 Å². The van der Waals surface area contributed by atoms with E-state index in [0.29, 0.717) is 0 Å². The van der Waals surface area contributed by atoms with Crippen molar-refractivity contribution in [2.24, 2.45) is 17.6 Å². The molecule has 72 valence electrons. The van der Waals surface area contributed by atoms with Crippen molar-refractivity contribution in [2.45, 2.75) is 11.6 Å². The van der Waals surface area contributed by atoms with Gasteiger partial charge in [-0.1, -0.05) is 0 Å². The van der Waals surface area contributed by atoms with Crippen LogP contribution in [0.15, 0.2) is 0 Å². The molecular weight excluding hydrogens is 224 g/mol. The van der Waals surface area contributed by atoms with Crippen molar-refractivity contribution in [2.75, 3.05) is 6.61 Å². The van der Waals surface area contributed by atoms with Crippen molar-refractivity contribution in [1.29, 1.82) is 0 Å². The third kappa shape index (κ3) is 2.28. The fourth-order valence-corrected chi connectivity index (χ4v) is 1.91. The molecule has 0 aromatic carbocycles. The Bertz CT molecular complexity index is 299. The number of fused-ring (bicyclic) bond motifs is 1. The number of carbonyl (C=O) groups is 2. The predicted octanol–water partition coefficient (Wildman–Crippen LogP) is -10.2. The molecule has 2 N–H and O–H groups in total. The van der Waals surface area contributed by atoms with E-state index in [4.69, 9.17) is 10.5 Å². The summed E-state index contributed by atoms with van der Waals surface area (Å²) in [4.78, 5) is 21.0. The topological polar surface area (TPSA) is 116 Å². The molecule has 0 radical (unpaired) electrons. The number of nitrogens with two attached hydrogens (primary N) is 1. The minimum absolute atomic E-state index is 0. The first kappa shape index (κ1) is 15.9. The maximum atomic E-state index is 10.6. The minimum atomic E-state index is -1.66. The smallest absolute Gasteiger partial charge is 0.550 e. The van der Waals surface area contributed by atoms with E-state index < -0.39 is 35.4 Å². The third-order valence-electron chi connectivity index (χ3n) is 2.72. The first-order valence-corrected chi connectivity index (χ1v) is 3.81. The monoisotopic (exact) mass is 231 g/mol. The van der Waals surface area contributed by atoms with Crippen molar-refractivity contribution >= 4 is 11.9 Å². The summed E-state index contributed by atoms with van der Waals surface area (Å²) in [5.74, 6) is -4.37. The fraction of sp³-hybridized carbons (Fsp3) is 0.714. The van der Waals surface area contributed by atoms with Crippen LogP contribution in [0.2, 0.25) is 0 Å². The summed E-state index contributed by atoms with van der Waals surface area (Å²) in [6.45, 7) is -0.186. The Labute approximate surface area is 130 Å². The molecule has 4 unspecified atom stereocenters. The molecule has 0 amide bonds. The van der Waals surface area contributed by atoms with Crippen LogP contribution in [0.1, 0.15) is 0 Å².